The van der Waals surface area contributed by atoms with Crippen LogP contribution in [0.5, 0.6) is 0 Å². The molecule has 1 N–H and O–H groups in total. The Bertz CT molecular complexity index is 279. The van der Waals surface area contributed by atoms with Crippen molar-refractivity contribution in [2.24, 2.45) is 0 Å². The topological polar surface area (TPSA) is 50.8 Å². The molecule has 1 heterocycles. The molecule has 112 valence electrons. The monoisotopic (exact) mass is 272 g/mol. The molecule has 1 aliphatic rings. The van der Waals surface area contributed by atoms with Crippen LogP contribution in [0.4, 0.5) is 4.79 Å². The highest BCUT2D eigenvalue weighted by Gasteiger charge is 2.21. The maximum Gasteiger partial charge on any atom is 0.407 e. The van der Waals surface area contributed by atoms with E-state index in [1.807, 2.05) is 20.8 Å². The van der Waals surface area contributed by atoms with Crippen molar-refractivity contribution in [3.05, 3.63) is 0 Å². The predicted octanol–water partition coefficient (Wildman–Crippen LogP) is 2.01. The summed E-state index contributed by atoms with van der Waals surface area (Å²) in [7, 11) is 0. The normalized spacial score (nSPS) is 25.1. The average Bonchev–Trinajstić information content (AvgIpc) is 2.20. The van der Waals surface area contributed by atoms with Crippen LogP contribution in [-0.2, 0) is 9.47 Å². The number of hydrogen-bond donors (Lipinski definition) is 1. The van der Waals surface area contributed by atoms with Crippen LogP contribution in [0.2, 0.25) is 0 Å². The highest BCUT2D eigenvalue weighted by atomic mass is 16.6. The third kappa shape index (κ3) is 7.38. The first kappa shape index (κ1) is 16.2. The summed E-state index contributed by atoms with van der Waals surface area (Å²) in [6.07, 6.45) is 1.18. The van der Waals surface area contributed by atoms with Crippen molar-refractivity contribution in [1.29, 1.82) is 0 Å². The number of carbonyl (C=O) groups is 1. The van der Waals surface area contributed by atoms with E-state index < -0.39 is 5.60 Å². The molecule has 0 aromatic rings. The molecule has 0 radical (unpaired) electrons. The third-order valence-corrected chi connectivity index (χ3v) is 2.81. The Balaban J connectivity index is 2.12. The van der Waals surface area contributed by atoms with Gasteiger partial charge in [0.2, 0.25) is 0 Å². The lowest BCUT2D eigenvalue weighted by Gasteiger charge is -2.35. The molecule has 0 saturated carbocycles. The van der Waals surface area contributed by atoms with Crippen molar-refractivity contribution in [2.45, 2.75) is 58.8 Å². The molecule has 1 saturated heterocycles. The van der Waals surface area contributed by atoms with Crippen LogP contribution >= 0.6 is 0 Å². The molecule has 1 amide bonds. The number of hydrogen-bond acceptors (Lipinski definition) is 4. The van der Waals surface area contributed by atoms with Crippen LogP contribution in [0.3, 0.4) is 0 Å². The highest BCUT2D eigenvalue weighted by Crippen LogP contribution is 2.10. The second-order valence-electron chi connectivity index (χ2n) is 6.30. The smallest absolute Gasteiger partial charge is 0.407 e. The summed E-state index contributed by atoms with van der Waals surface area (Å²) in [6, 6.07) is 0. The van der Waals surface area contributed by atoms with Gasteiger partial charge in [0, 0.05) is 26.2 Å². The molecule has 1 rings (SSSR count). The Labute approximate surface area is 116 Å². The van der Waals surface area contributed by atoms with Gasteiger partial charge < -0.3 is 14.8 Å². The molecule has 0 unspecified atom stereocenters. The van der Waals surface area contributed by atoms with E-state index in [1.54, 1.807) is 0 Å². The van der Waals surface area contributed by atoms with Crippen molar-refractivity contribution < 1.29 is 14.3 Å². The van der Waals surface area contributed by atoms with E-state index in [4.69, 9.17) is 9.47 Å². The van der Waals surface area contributed by atoms with Gasteiger partial charge in [-0.1, -0.05) is 0 Å². The summed E-state index contributed by atoms with van der Waals surface area (Å²) in [5.74, 6) is 0. The predicted molar refractivity (Wildman–Crippen MR) is 75.3 cm³/mol. The summed E-state index contributed by atoms with van der Waals surface area (Å²) >= 11 is 0. The second-order valence-corrected chi connectivity index (χ2v) is 6.30. The minimum Gasteiger partial charge on any atom is -0.444 e. The molecule has 0 aromatic heterocycles. The van der Waals surface area contributed by atoms with Gasteiger partial charge in [0.05, 0.1) is 12.2 Å². The fourth-order valence-electron chi connectivity index (χ4n) is 2.27. The van der Waals surface area contributed by atoms with Crippen molar-refractivity contribution in [2.75, 3.05) is 26.2 Å². The zero-order valence-corrected chi connectivity index (χ0v) is 12.9. The summed E-state index contributed by atoms with van der Waals surface area (Å²) < 4.78 is 10.9. The van der Waals surface area contributed by atoms with Crippen molar-refractivity contribution in [1.82, 2.24) is 10.2 Å². The van der Waals surface area contributed by atoms with E-state index in [-0.39, 0.29) is 6.09 Å². The van der Waals surface area contributed by atoms with E-state index in [2.05, 4.69) is 24.1 Å². The van der Waals surface area contributed by atoms with Crippen molar-refractivity contribution in [3.8, 4) is 0 Å². The number of rotatable bonds is 4. The van der Waals surface area contributed by atoms with Gasteiger partial charge in [-0.3, -0.25) is 4.90 Å². The Hall–Kier alpha value is -0.810. The van der Waals surface area contributed by atoms with Crippen LogP contribution in [0.25, 0.3) is 0 Å². The highest BCUT2D eigenvalue weighted by molar-refractivity contribution is 5.67. The lowest BCUT2D eigenvalue weighted by molar-refractivity contribution is -0.0680. The van der Waals surface area contributed by atoms with Crippen LogP contribution in [-0.4, -0.2) is 55.0 Å². The molecule has 5 nitrogen and oxygen atoms in total. The second kappa shape index (κ2) is 7.10. The van der Waals surface area contributed by atoms with E-state index in [0.29, 0.717) is 18.8 Å². The first-order valence-electron chi connectivity index (χ1n) is 7.11. The summed E-state index contributed by atoms with van der Waals surface area (Å²) in [4.78, 5) is 13.8. The molecule has 0 aromatic carbocycles. The number of alkyl carbamates (subject to hydrolysis) is 1. The quantitative estimate of drug-likeness (QED) is 0.795. The molecule has 19 heavy (non-hydrogen) atoms. The maximum absolute atomic E-state index is 11.4. The van der Waals surface area contributed by atoms with Crippen LogP contribution in [0.15, 0.2) is 0 Å². The first-order chi connectivity index (χ1) is 8.76. The lowest BCUT2D eigenvalue weighted by Crippen LogP contribution is -2.46. The van der Waals surface area contributed by atoms with Gasteiger partial charge >= 0.3 is 6.09 Å². The molecule has 0 spiro atoms. The van der Waals surface area contributed by atoms with Crippen LogP contribution < -0.4 is 5.32 Å². The number of nitrogens with zero attached hydrogens (tertiary/aromatic N) is 1. The summed E-state index contributed by atoms with van der Waals surface area (Å²) in [5.41, 5.74) is -0.431. The van der Waals surface area contributed by atoms with Crippen LogP contribution in [0.1, 0.15) is 41.0 Å². The SMILES string of the molecule is C[C@H]1CN(CCCNC(=O)OC(C)(C)C)C[C@H](C)O1. The van der Waals surface area contributed by atoms with E-state index in [0.717, 1.165) is 26.1 Å². The number of morpholine rings is 1. The van der Waals surface area contributed by atoms with E-state index >= 15 is 0 Å². The van der Waals surface area contributed by atoms with Crippen molar-refractivity contribution in [3.63, 3.8) is 0 Å². The Morgan fingerprint density at radius 1 is 1.32 bits per heavy atom. The number of ether oxygens (including phenoxy) is 2. The number of carbonyl (C=O) groups excluding carboxylic acids is 1. The fraction of sp³-hybridized carbons (Fsp3) is 0.929. The minimum atomic E-state index is -0.431. The molecule has 2 atom stereocenters. The molecule has 1 aliphatic heterocycles. The van der Waals surface area contributed by atoms with Gasteiger partial charge in [0.15, 0.2) is 0 Å². The Morgan fingerprint density at radius 2 is 1.89 bits per heavy atom. The summed E-state index contributed by atoms with van der Waals surface area (Å²) in [5, 5.41) is 2.78. The van der Waals surface area contributed by atoms with Gasteiger partial charge in [-0.05, 0) is 41.0 Å². The molecule has 5 heteroatoms. The fourth-order valence-corrected chi connectivity index (χ4v) is 2.27. The molecular weight excluding hydrogens is 244 g/mol. The van der Waals surface area contributed by atoms with Crippen LogP contribution in [0, 0.1) is 0 Å². The van der Waals surface area contributed by atoms with Crippen molar-refractivity contribution >= 4 is 6.09 Å². The molecule has 0 bridgehead atoms. The van der Waals surface area contributed by atoms with Gasteiger partial charge in [-0.2, -0.15) is 0 Å². The van der Waals surface area contributed by atoms with Gasteiger partial charge in [0.1, 0.15) is 5.60 Å². The van der Waals surface area contributed by atoms with Gasteiger partial charge in [-0.25, -0.2) is 4.79 Å². The number of amides is 1. The zero-order valence-electron chi connectivity index (χ0n) is 12.9. The first-order valence-corrected chi connectivity index (χ1v) is 7.11. The molecule has 1 fully saturated rings. The maximum atomic E-state index is 11.4. The standard InChI is InChI=1S/C14H28N2O3/c1-11-9-16(10-12(2)18-11)8-6-7-15-13(17)19-14(3,4)5/h11-12H,6-10H2,1-5H3,(H,15,17)/t11-,12-/m0/s1. The third-order valence-electron chi connectivity index (χ3n) is 2.81. The molecule has 0 aliphatic carbocycles. The van der Waals surface area contributed by atoms with Gasteiger partial charge in [-0.15, -0.1) is 0 Å². The summed E-state index contributed by atoms with van der Waals surface area (Å²) in [6.45, 7) is 13.4. The Kier molecular flexibility index (Phi) is 6.07. The number of nitrogens with one attached hydrogen (secondary N) is 1. The Morgan fingerprint density at radius 3 is 2.42 bits per heavy atom. The largest absolute Gasteiger partial charge is 0.444 e. The lowest BCUT2D eigenvalue weighted by atomic mass is 10.2. The van der Waals surface area contributed by atoms with E-state index in [9.17, 15) is 4.79 Å². The molecular formula is C14H28N2O3. The minimum absolute atomic E-state index is 0.294. The van der Waals surface area contributed by atoms with Gasteiger partial charge in [0.25, 0.3) is 0 Å². The average molecular weight is 272 g/mol. The zero-order chi connectivity index (χ0) is 14.5. The van der Waals surface area contributed by atoms with E-state index in [1.165, 1.54) is 0 Å².